The number of nitrogens with zero attached hydrogens (tertiary/aromatic N) is 6. The molecule has 5 atom stereocenters. The van der Waals surface area contributed by atoms with Crippen molar-refractivity contribution in [3.05, 3.63) is 112 Å². The summed E-state index contributed by atoms with van der Waals surface area (Å²) in [5, 5.41) is 13.8. The van der Waals surface area contributed by atoms with Gasteiger partial charge in [-0.3, -0.25) is 19.4 Å². The molecule has 376 valence electrons. The van der Waals surface area contributed by atoms with E-state index < -0.39 is 56.0 Å². The molecule has 2 aromatic heterocycles. The van der Waals surface area contributed by atoms with Crippen LogP contribution in [0.25, 0.3) is 11.0 Å². The van der Waals surface area contributed by atoms with Crippen LogP contribution in [0.3, 0.4) is 0 Å². The SMILES string of the molecule is COc1ccc(C(OC[C@H]2O[C@@H](n3nc(C#CC(COC(C)=O)COC(C)=O)c4c(=O)[nH]c(N=CN(C)C)nc43)C[C@H]2OP2OCCC(=N)C(C)N2C(C)C)(c2ccccc2)c2ccc(OC)cc2)cc1. The average Bonchev–Trinajstić information content (AvgIpc) is 3.90. The Hall–Kier alpha value is -6.52. The fourth-order valence-electron chi connectivity index (χ4n) is 8.33. The second-order valence-electron chi connectivity index (χ2n) is 17.5. The molecule has 2 aliphatic heterocycles. The van der Waals surface area contributed by atoms with Gasteiger partial charge >= 0.3 is 11.9 Å². The molecule has 0 bridgehead atoms. The maximum absolute atomic E-state index is 14.1. The molecule has 2 saturated heterocycles. The first-order valence-electron chi connectivity index (χ1n) is 23.2. The van der Waals surface area contributed by atoms with E-state index in [2.05, 4.69) is 26.5 Å². The highest BCUT2D eigenvalue weighted by atomic mass is 31.2. The van der Waals surface area contributed by atoms with Gasteiger partial charge in [0.2, 0.25) is 5.95 Å². The Morgan fingerprint density at radius 2 is 1.58 bits per heavy atom. The van der Waals surface area contributed by atoms with Gasteiger partial charge in [0, 0.05) is 52.5 Å². The third kappa shape index (κ3) is 12.3. The summed E-state index contributed by atoms with van der Waals surface area (Å²) in [5.41, 5.74) is 1.41. The number of benzene rings is 3. The monoisotopic (exact) mass is 992 g/mol. The van der Waals surface area contributed by atoms with Crippen molar-refractivity contribution in [1.29, 1.82) is 5.41 Å². The second-order valence-corrected chi connectivity index (χ2v) is 18.9. The number of nitrogens with one attached hydrogen (secondary N) is 2. The smallest absolute Gasteiger partial charge is 0.302 e. The summed E-state index contributed by atoms with van der Waals surface area (Å²) in [6.45, 7) is 8.53. The molecule has 0 amide bonds. The van der Waals surface area contributed by atoms with Crippen LogP contribution in [-0.2, 0) is 43.2 Å². The lowest BCUT2D eigenvalue weighted by Gasteiger charge is -2.38. The van der Waals surface area contributed by atoms with E-state index >= 15 is 0 Å². The summed E-state index contributed by atoms with van der Waals surface area (Å²) in [7, 11) is 5.06. The van der Waals surface area contributed by atoms with Gasteiger partial charge in [-0.1, -0.05) is 60.5 Å². The van der Waals surface area contributed by atoms with Crippen LogP contribution in [0.2, 0.25) is 0 Å². The van der Waals surface area contributed by atoms with Crippen LogP contribution in [-0.4, -0.2) is 132 Å². The summed E-state index contributed by atoms with van der Waals surface area (Å²) in [6, 6.07) is 25.1. The zero-order valence-electron chi connectivity index (χ0n) is 41.4. The number of methoxy groups -OCH3 is 2. The fourth-order valence-corrected chi connectivity index (χ4v) is 10.1. The number of H-pyrrole nitrogens is 1. The number of hydrogen-bond acceptors (Lipinski definition) is 16. The minimum Gasteiger partial charge on any atom is -0.497 e. The minimum absolute atomic E-state index is 0.0103. The van der Waals surface area contributed by atoms with Crippen LogP contribution in [0, 0.1) is 23.2 Å². The van der Waals surface area contributed by atoms with Gasteiger partial charge in [-0.2, -0.15) is 10.1 Å². The Bertz CT molecular complexity index is 2730. The van der Waals surface area contributed by atoms with Crippen LogP contribution < -0.4 is 15.0 Å². The quantitative estimate of drug-likeness (QED) is 0.0228. The number of aromatic amines is 1. The highest BCUT2D eigenvalue weighted by Crippen LogP contribution is 2.52. The van der Waals surface area contributed by atoms with Crippen LogP contribution in [0.15, 0.2) is 88.6 Å². The standard InChI is InChI=1S/C51H61N8O11P/c1-32(2)59-33(3)42(52)25-26-68-71(59)70-44-27-46(58-48-47(49(62)55-50(54-48)53-31-57(6)7)43(56-58)24-15-36(28-65-34(4)60)29-66-35(5)61)69-45(44)30-67-51(37-13-11-10-12-14-37,38-16-20-40(63-8)21-17-38)39-18-22-41(64-9)23-19-39/h10-14,16-23,31-33,36,44-46,52H,25-30H2,1-9H3,(H,54,55,62)/t33?,44-,45-,46-,71?/m1/s1. The number of aromatic nitrogens is 4. The number of carbonyl (C=O) groups is 2. The lowest BCUT2D eigenvalue weighted by molar-refractivity contribution is -0.144. The molecule has 3 aromatic carbocycles. The molecule has 20 heteroatoms. The highest BCUT2D eigenvalue weighted by molar-refractivity contribution is 7.44. The van der Waals surface area contributed by atoms with Crippen molar-refractivity contribution in [2.45, 2.75) is 83.6 Å². The second kappa shape index (κ2) is 23.6. The molecule has 0 radical (unpaired) electrons. The van der Waals surface area contributed by atoms with Gasteiger partial charge in [-0.05, 0) is 67.6 Å². The number of rotatable bonds is 18. The van der Waals surface area contributed by atoms with E-state index in [1.807, 2.05) is 99.6 Å². The Labute approximate surface area is 414 Å². The van der Waals surface area contributed by atoms with E-state index in [4.69, 9.17) is 53.0 Å². The van der Waals surface area contributed by atoms with Gasteiger partial charge in [0.25, 0.3) is 14.1 Å². The Balaban J connectivity index is 1.36. The van der Waals surface area contributed by atoms with Gasteiger partial charge in [0.05, 0.1) is 51.8 Å². The lowest BCUT2D eigenvalue weighted by atomic mass is 9.80. The molecule has 7 rings (SSSR count). The van der Waals surface area contributed by atoms with Crippen molar-refractivity contribution < 1.29 is 47.1 Å². The predicted octanol–water partition coefficient (Wildman–Crippen LogP) is 6.90. The molecule has 2 unspecified atom stereocenters. The topological polar surface area (TPSA) is 214 Å². The lowest BCUT2D eigenvalue weighted by Crippen LogP contribution is -2.41. The number of hydrogen-bond donors (Lipinski definition) is 2. The molecule has 2 N–H and O–H groups in total. The van der Waals surface area contributed by atoms with E-state index in [1.54, 1.807) is 33.2 Å². The normalized spacial score (nSPS) is 19.7. The van der Waals surface area contributed by atoms with E-state index in [0.717, 1.165) is 16.7 Å². The van der Waals surface area contributed by atoms with Gasteiger partial charge in [0.15, 0.2) is 17.6 Å². The Morgan fingerprint density at radius 1 is 0.972 bits per heavy atom. The van der Waals surface area contributed by atoms with Crippen molar-refractivity contribution >= 4 is 49.5 Å². The molecule has 2 aliphatic rings. The summed E-state index contributed by atoms with van der Waals surface area (Å²) >= 11 is 0. The summed E-state index contributed by atoms with van der Waals surface area (Å²) in [5.74, 6) is 5.50. The van der Waals surface area contributed by atoms with Crippen molar-refractivity contribution in [3.8, 4) is 23.3 Å². The third-order valence-electron chi connectivity index (χ3n) is 11.8. The van der Waals surface area contributed by atoms with E-state index in [-0.39, 0.29) is 61.0 Å². The van der Waals surface area contributed by atoms with E-state index in [1.165, 1.54) is 24.9 Å². The predicted molar refractivity (Wildman–Crippen MR) is 267 cm³/mol. The zero-order valence-corrected chi connectivity index (χ0v) is 42.3. The largest absolute Gasteiger partial charge is 0.497 e. The van der Waals surface area contributed by atoms with Crippen LogP contribution in [0.1, 0.15) is 76.1 Å². The molecular formula is C51H61N8O11P. The van der Waals surface area contributed by atoms with Crippen LogP contribution in [0.5, 0.6) is 11.5 Å². The van der Waals surface area contributed by atoms with Crippen molar-refractivity contribution in [2.75, 3.05) is 54.7 Å². The Morgan fingerprint density at radius 3 is 2.14 bits per heavy atom. The van der Waals surface area contributed by atoms with Crippen molar-refractivity contribution in [2.24, 2.45) is 10.9 Å². The molecule has 71 heavy (non-hydrogen) atoms. The van der Waals surface area contributed by atoms with Gasteiger partial charge in [-0.25, -0.2) is 14.3 Å². The molecule has 0 saturated carbocycles. The summed E-state index contributed by atoms with van der Waals surface area (Å²) in [6.07, 6.45) is -0.265. The van der Waals surface area contributed by atoms with E-state index in [0.29, 0.717) is 30.2 Å². The maximum Gasteiger partial charge on any atom is 0.302 e. The van der Waals surface area contributed by atoms with Gasteiger partial charge < -0.3 is 47.8 Å². The number of aliphatic imine (C=N–C) groups is 1. The highest BCUT2D eigenvalue weighted by Gasteiger charge is 2.46. The summed E-state index contributed by atoms with van der Waals surface area (Å²) < 4.78 is 53.2. The molecule has 5 aromatic rings. The van der Waals surface area contributed by atoms with Gasteiger partial charge in [0.1, 0.15) is 41.8 Å². The van der Waals surface area contributed by atoms with Crippen molar-refractivity contribution in [3.63, 3.8) is 0 Å². The van der Waals surface area contributed by atoms with Crippen LogP contribution >= 0.6 is 8.53 Å². The first-order chi connectivity index (χ1) is 34.1. The van der Waals surface area contributed by atoms with Crippen molar-refractivity contribution in [1.82, 2.24) is 29.3 Å². The van der Waals surface area contributed by atoms with Crippen LogP contribution in [0.4, 0.5) is 5.95 Å². The number of esters is 2. The maximum atomic E-state index is 14.1. The molecule has 0 spiro atoms. The third-order valence-corrected chi connectivity index (χ3v) is 13.9. The molecule has 0 aliphatic carbocycles. The number of fused-ring (bicyclic) bond motifs is 1. The average molecular weight is 993 g/mol. The fraction of sp³-hybridized carbons (Fsp3) is 0.431. The number of carbonyl (C=O) groups excluding carboxylic acids is 2. The minimum atomic E-state index is -1.74. The first kappa shape index (κ1) is 52.3. The van der Waals surface area contributed by atoms with E-state index in [9.17, 15) is 14.4 Å². The zero-order chi connectivity index (χ0) is 50.8. The molecular weight excluding hydrogens is 932 g/mol. The summed E-state index contributed by atoms with van der Waals surface area (Å²) in [4.78, 5) is 51.2. The number of ether oxygens (including phenoxy) is 6. The molecule has 4 heterocycles. The van der Waals surface area contributed by atoms with Gasteiger partial charge in [-0.15, -0.1) is 0 Å². The molecule has 2 fully saturated rings. The Kier molecular flexibility index (Phi) is 17.4. The first-order valence-corrected chi connectivity index (χ1v) is 24.4. The molecule has 19 nitrogen and oxygen atoms in total.